The third-order valence-electron chi connectivity index (χ3n) is 3.36. The molecule has 0 aliphatic heterocycles. The number of aryl methyl sites for hydroxylation is 3. The number of rotatable bonds is 3. The Balaban J connectivity index is 2.55. The van der Waals surface area contributed by atoms with Gasteiger partial charge in [0, 0.05) is 4.88 Å². The lowest BCUT2D eigenvalue weighted by Gasteiger charge is -2.21. The van der Waals surface area contributed by atoms with E-state index in [2.05, 4.69) is 66.3 Å². The quantitative estimate of drug-likeness (QED) is 0.859. The molecular weight excluding hydrogens is 306 g/mol. The summed E-state index contributed by atoms with van der Waals surface area (Å²) in [7, 11) is 2.03. The lowest BCUT2D eigenvalue weighted by Crippen LogP contribution is -2.20. The van der Waals surface area contributed by atoms with Gasteiger partial charge >= 0.3 is 0 Å². The molecule has 2 rings (SSSR count). The summed E-state index contributed by atoms with van der Waals surface area (Å²) < 4.78 is 1.20. The average Bonchev–Trinajstić information content (AvgIpc) is 2.63. The first kappa shape index (κ1) is 13.8. The smallest absolute Gasteiger partial charge is 0.0704 e. The monoisotopic (exact) mass is 323 g/mol. The summed E-state index contributed by atoms with van der Waals surface area (Å²) in [6.45, 7) is 6.55. The van der Waals surface area contributed by atoms with E-state index in [4.69, 9.17) is 0 Å². The Kier molecular flexibility index (Phi) is 4.25. The Labute approximate surface area is 121 Å². The molecule has 1 aromatic heterocycles. The van der Waals surface area contributed by atoms with E-state index in [1.807, 2.05) is 7.05 Å². The summed E-state index contributed by atoms with van der Waals surface area (Å²) in [6, 6.07) is 8.99. The molecule has 0 saturated carbocycles. The fourth-order valence-corrected chi connectivity index (χ4v) is 4.23. The summed E-state index contributed by atoms with van der Waals surface area (Å²) in [5.41, 5.74) is 5.45. The fourth-order valence-electron chi connectivity index (χ4n) is 2.48. The van der Waals surface area contributed by atoms with E-state index in [1.54, 1.807) is 11.3 Å². The topological polar surface area (TPSA) is 12.0 Å². The Morgan fingerprint density at radius 1 is 1.17 bits per heavy atom. The molecule has 0 fully saturated rings. The van der Waals surface area contributed by atoms with Crippen LogP contribution in [0.2, 0.25) is 0 Å². The Hall–Kier alpha value is -0.640. The van der Waals surface area contributed by atoms with Gasteiger partial charge < -0.3 is 5.32 Å². The first-order valence-electron chi connectivity index (χ1n) is 6.03. The molecule has 1 aromatic carbocycles. The van der Waals surface area contributed by atoms with Crippen LogP contribution in [-0.4, -0.2) is 7.05 Å². The van der Waals surface area contributed by atoms with Crippen LogP contribution < -0.4 is 5.32 Å². The average molecular weight is 324 g/mol. The molecule has 0 aliphatic carbocycles. The summed E-state index contributed by atoms with van der Waals surface area (Å²) in [5, 5.41) is 3.46. The molecule has 96 valence electrons. The first-order chi connectivity index (χ1) is 8.54. The standard InChI is InChI=1S/C15H18BrNS/c1-9-6-5-7-10(2)14(9)15(17-4)12-8-13(16)18-11(12)3/h5-8,15,17H,1-4H3. The van der Waals surface area contributed by atoms with E-state index < -0.39 is 0 Å². The normalized spacial score (nSPS) is 12.7. The molecule has 1 unspecified atom stereocenters. The van der Waals surface area contributed by atoms with Crippen molar-refractivity contribution in [2.75, 3.05) is 7.05 Å². The molecule has 0 amide bonds. The van der Waals surface area contributed by atoms with Gasteiger partial charge in [0.05, 0.1) is 9.83 Å². The number of hydrogen-bond donors (Lipinski definition) is 1. The highest BCUT2D eigenvalue weighted by atomic mass is 79.9. The minimum absolute atomic E-state index is 0.272. The van der Waals surface area contributed by atoms with Gasteiger partial charge in [-0.05, 0) is 72.1 Å². The fraction of sp³-hybridized carbons (Fsp3) is 0.333. The molecule has 0 aliphatic rings. The van der Waals surface area contributed by atoms with E-state index >= 15 is 0 Å². The van der Waals surface area contributed by atoms with Gasteiger partial charge in [-0.2, -0.15) is 0 Å². The first-order valence-corrected chi connectivity index (χ1v) is 7.64. The van der Waals surface area contributed by atoms with Gasteiger partial charge in [-0.15, -0.1) is 11.3 Å². The minimum atomic E-state index is 0.272. The van der Waals surface area contributed by atoms with Crippen molar-refractivity contribution >= 4 is 27.3 Å². The number of nitrogens with one attached hydrogen (secondary N) is 1. The zero-order chi connectivity index (χ0) is 13.3. The lowest BCUT2D eigenvalue weighted by molar-refractivity contribution is 0.682. The van der Waals surface area contributed by atoms with Crippen LogP contribution in [-0.2, 0) is 0 Å². The summed E-state index contributed by atoms with van der Waals surface area (Å²) in [4.78, 5) is 1.36. The molecule has 0 spiro atoms. The van der Waals surface area contributed by atoms with Crippen molar-refractivity contribution in [3.05, 3.63) is 55.2 Å². The minimum Gasteiger partial charge on any atom is -0.309 e. The highest BCUT2D eigenvalue weighted by molar-refractivity contribution is 9.11. The maximum Gasteiger partial charge on any atom is 0.0704 e. The van der Waals surface area contributed by atoms with Crippen molar-refractivity contribution in [1.29, 1.82) is 0 Å². The highest BCUT2D eigenvalue weighted by Gasteiger charge is 2.19. The predicted molar refractivity (Wildman–Crippen MR) is 83.6 cm³/mol. The van der Waals surface area contributed by atoms with Crippen molar-refractivity contribution in [2.45, 2.75) is 26.8 Å². The number of hydrogen-bond acceptors (Lipinski definition) is 2. The summed E-state index contributed by atoms with van der Waals surface area (Å²) >= 11 is 5.38. The maximum atomic E-state index is 3.58. The Bertz CT molecular complexity index is 539. The molecule has 18 heavy (non-hydrogen) atoms. The van der Waals surface area contributed by atoms with Gasteiger partial charge in [0.2, 0.25) is 0 Å². The van der Waals surface area contributed by atoms with Crippen LogP contribution in [0, 0.1) is 20.8 Å². The van der Waals surface area contributed by atoms with Crippen LogP contribution in [0.5, 0.6) is 0 Å². The van der Waals surface area contributed by atoms with Gasteiger partial charge in [0.15, 0.2) is 0 Å². The van der Waals surface area contributed by atoms with Crippen molar-refractivity contribution in [1.82, 2.24) is 5.32 Å². The van der Waals surface area contributed by atoms with E-state index in [-0.39, 0.29) is 6.04 Å². The van der Waals surface area contributed by atoms with Gasteiger partial charge in [-0.3, -0.25) is 0 Å². The Morgan fingerprint density at radius 2 is 1.78 bits per heavy atom. The summed E-state index contributed by atoms with van der Waals surface area (Å²) in [6.07, 6.45) is 0. The SMILES string of the molecule is CNC(c1cc(Br)sc1C)c1c(C)cccc1C. The molecule has 0 saturated heterocycles. The largest absolute Gasteiger partial charge is 0.309 e. The van der Waals surface area contributed by atoms with Crippen LogP contribution in [0.3, 0.4) is 0 Å². The number of benzene rings is 1. The molecular formula is C15H18BrNS. The second kappa shape index (κ2) is 5.55. The van der Waals surface area contributed by atoms with Crippen LogP contribution in [0.1, 0.15) is 33.2 Å². The van der Waals surface area contributed by atoms with Crippen molar-refractivity contribution in [3.8, 4) is 0 Å². The number of halogens is 1. The number of thiophene rings is 1. The summed E-state index contributed by atoms with van der Waals surface area (Å²) in [5.74, 6) is 0. The molecule has 1 nitrogen and oxygen atoms in total. The van der Waals surface area contributed by atoms with E-state index in [1.165, 1.54) is 30.9 Å². The third kappa shape index (κ3) is 2.53. The predicted octanol–water partition coefficient (Wildman–Crippen LogP) is 4.74. The van der Waals surface area contributed by atoms with Crippen molar-refractivity contribution in [3.63, 3.8) is 0 Å². The molecule has 2 aromatic rings. The zero-order valence-electron chi connectivity index (χ0n) is 11.2. The zero-order valence-corrected chi connectivity index (χ0v) is 13.6. The van der Waals surface area contributed by atoms with Gasteiger partial charge in [0.25, 0.3) is 0 Å². The molecule has 3 heteroatoms. The van der Waals surface area contributed by atoms with Crippen LogP contribution >= 0.6 is 27.3 Å². The Morgan fingerprint density at radius 3 is 2.22 bits per heavy atom. The molecule has 0 bridgehead atoms. The van der Waals surface area contributed by atoms with Crippen LogP contribution in [0.15, 0.2) is 28.1 Å². The van der Waals surface area contributed by atoms with Crippen LogP contribution in [0.4, 0.5) is 0 Å². The van der Waals surface area contributed by atoms with Crippen molar-refractivity contribution in [2.24, 2.45) is 0 Å². The second-order valence-corrected chi connectivity index (χ2v) is 7.22. The van der Waals surface area contributed by atoms with E-state index in [0.717, 1.165) is 0 Å². The maximum absolute atomic E-state index is 3.58. The molecule has 1 atom stereocenters. The van der Waals surface area contributed by atoms with Gasteiger partial charge in [-0.1, -0.05) is 18.2 Å². The van der Waals surface area contributed by atoms with Gasteiger partial charge in [0.1, 0.15) is 0 Å². The van der Waals surface area contributed by atoms with E-state index in [9.17, 15) is 0 Å². The second-order valence-electron chi connectivity index (χ2n) is 4.59. The molecule has 1 heterocycles. The third-order valence-corrected chi connectivity index (χ3v) is 4.93. The highest BCUT2D eigenvalue weighted by Crippen LogP contribution is 2.35. The lowest BCUT2D eigenvalue weighted by atomic mass is 9.92. The van der Waals surface area contributed by atoms with Crippen LogP contribution in [0.25, 0.3) is 0 Å². The van der Waals surface area contributed by atoms with Crippen molar-refractivity contribution < 1.29 is 0 Å². The van der Waals surface area contributed by atoms with E-state index in [0.29, 0.717) is 0 Å². The van der Waals surface area contributed by atoms with Gasteiger partial charge in [-0.25, -0.2) is 0 Å². The molecule has 0 radical (unpaired) electrons. The molecule has 1 N–H and O–H groups in total.